The molecule has 1 heterocycles. The molecular formula is C12H22N2O2. The fourth-order valence-corrected chi connectivity index (χ4v) is 2.71. The summed E-state index contributed by atoms with van der Waals surface area (Å²) in [6.45, 7) is 1.45. The SMILES string of the molecule is N[C@H]1CC[C@H](C(=O)N2CCC(O)CC2)CC1. The highest BCUT2D eigenvalue weighted by Gasteiger charge is 2.30. The normalized spacial score (nSPS) is 32.8. The Bertz CT molecular complexity index is 217. The van der Waals surface area contributed by atoms with Crippen molar-refractivity contribution in [1.29, 1.82) is 0 Å². The van der Waals surface area contributed by atoms with Gasteiger partial charge in [0.2, 0.25) is 5.91 Å². The third kappa shape index (κ3) is 2.74. The van der Waals surface area contributed by atoms with Crippen LogP contribution in [0.1, 0.15) is 38.5 Å². The molecule has 0 aromatic rings. The van der Waals surface area contributed by atoms with Gasteiger partial charge < -0.3 is 15.7 Å². The van der Waals surface area contributed by atoms with Crippen LogP contribution < -0.4 is 5.73 Å². The van der Waals surface area contributed by atoms with Crippen molar-refractivity contribution in [3.63, 3.8) is 0 Å². The van der Waals surface area contributed by atoms with Gasteiger partial charge in [0, 0.05) is 25.0 Å². The van der Waals surface area contributed by atoms with Crippen molar-refractivity contribution >= 4 is 5.91 Å². The molecule has 0 aromatic heterocycles. The maximum Gasteiger partial charge on any atom is 0.225 e. The van der Waals surface area contributed by atoms with Crippen molar-refractivity contribution < 1.29 is 9.90 Å². The summed E-state index contributed by atoms with van der Waals surface area (Å²) in [6.07, 6.45) is 5.11. The first-order chi connectivity index (χ1) is 7.66. The highest BCUT2D eigenvalue weighted by molar-refractivity contribution is 5.79. The van der Waals surface area contributed by atoms with Gasteiger partial charge in [-0.15, -0.1) is 0 Å². The van der Waals surface area contributed by atoms with Crippen molar-refractivity contribution in [3.05, 3.63) is 0 Å². The Labute approximate surface area is 96.8 Å². The lowest BCUT2D eigenvalue weighted by Crippen LogP contribution is -2.44. The van der Waals surface area contributed by atoms with E-state index < -0.39 is 0 Å². The third-order valence-electron chi connectivity index (χ3n) is 3.90. The van der Waals surface area contributed by atoms with Crippen molar-refractivity contribution in [2.45, 2.75) is 50.7 Å². The van der Waals surface area contributed by atoms with E-state index in [9.17, 15) is 9.90 Å². The van der Waals surface area contributed by atoms with E-state index in [-0.39, 0.29) is 12.0 Å². The Kier molecular flexibility index (Phi) is 3.82. The first-order valence-corrected chi connectivity index (χ1v) is 6.39. The summed E-state index contributed by atoms with van der Waals surface area (Å²) >= 11 is 0. The summed E-state index contributed by atoms with van der Waals surface area (Å²) in [5.74, 6) is 0.480. The number of hydrogen-bond donors (Lipinski definition) is 2. The summed E-state index contributed by atoms with van der Waals surface area (Å²) in [5, 5.41) is 9.40. The third-order valence-corrected chi connectivity index (χ3v) is 3.90. The van der Waals surface area contributed by atoms with E-state index in [0.29, 0.717) is 11.9 Å². The van der Waals surface area contributed by atoms with E-state index in [1.807, 2.05) is 4.90 Å². The van der Waals surface area contributed by atoms with Gasteiger partial charge in [0.1, 0.15) is 0 Å². The molecule has 0 spiro atoms. The van der Waals surface area contributed by atoms with Crippen LogP contribution in [0.25, 0.3) is 0 Å². The van der Waals surface area contributed by atoms with Crippen molar-refractivity contribution in [3.8, 4) is 0 Å². The second-order valence-corrected chi connectivity index (χ2v) is 5.17. The maximum absolute atomic E-state index is 12.2. The lowest BCUT2D eigenvalue weighted by molar-refractivity contribution is -0.138. The number of rotatable bonds is 1. The van der Waals surface area contributed by atoms with Gasteiger partial charge >= 0.3 is 0 Å². The molecule has 3 N–H and O–H groups in total. The molecule has 1 amide bonds. The van der Waals surface area contributed by atoms with Crippen LogP contribution in [0.4, 0.5) is 0 Å². The Morgan fingerprint density at radius 1 is 1.06 bits per heavy atom. The average Bonchev–Trinajstić information content (AvgIpc) is 2.30. The van der Waals surface area contributed by atoms with E-state index in [2.05, 4.69) is 0 Å². The van der Waals surface area contributed by atoms with Crippen molar-refractivity contribution in [2.75, 3.05) is 13.1 Å². The van der Waals surface area contributed by atoms with Crippen molar-refractivity contribution in [2.24, 2.45) is 11.7 Å². The molecule has 0 atom stereocenters. The molecule has 1 saturated carbocycles. The first-order valence-electron chi connectivity index (χ1n) is 6.39. The second-order valence-electron chi connectivity index (χ2n) is 5.17. The van der Waals surface area contributed by atoms with Crippen LogP contribution in [0.2, 0.25) is 0 Å². The molecule has 1 aliphatic heterocycles. The standard InChI is InChI=1S/C12H22N2O2/c13-10-3-1-9(2-4-10)12(16)14-7-5-11(15)6-8-14/h9-11,15H,1-8,13H2/t9-,10-. The van der Waals surface area contributed by atoms with E-state index in [1.54, 1.807) is 0 Å². The molecule has 2 rings (SSSR count). The predicted molar refractivity (Wildman–Crippen MR) is 61.8 cm³/mol. The number of piperidine rings is 1. The largest absolute Gasteiger partial charge is 0.393 e. The molecular weight excluding hydrogens is 204 g/mol. The van der Waals surface area contributed by atoms with Crippen LogP contribution in [0, 0.1) is 5.92 Å². The second kappa shape index (κ2) is 5.15. The molecule has 4 heteroatoms. The van der Waals surface area contributed by atoms with Gasteiger partial charge in [0.25, 0.3) is 0 Å². The zero-order chi connectivity index (χ0) is 11.5. The molecule has 1 saturated heterocycles. The maximum atomic E-state index is 12.2. The average molecular weight is 226 g/mol. The fourth-order valence-electron chi connectivity index (χ4n) is 2.71. The Hall–Kier alpha value is -0.610. The summed E-state index contributed by atoms with van der Waals surface area (Å²) < 4.78 is 0. The van der Waals surface area contributed by atoms with Crippen LogP contribution in [0.5, 0.6) is 0 Å². The van der Waals surface area contributed by atoms with Gasteiger partial charge in [-0.2, -0.15) is 0 Å². The Morgan fingerprint density at radius 3 is 2.19 bits per heavy atom. The highest BCUT2D eigenvalue weighted by atomic mass is 16.3. The highest BCUT2D eigenvalue weighted by Crippen LogP contribution is 2.26. The number of hydrogen-bond acceptors (Lipinski definition) is 3. The van der Waals surface area contributed by atoms with Crippen LogP contribution in [-0.4, -0.2) is 41.1 Å². The zero-order valence-corrected chi connectivity index (χ0v) is 9.77. The molecule has 0 radical (unpaired) electrons. The number of nitrogens with zero attached hydrogens (tertiary/aromatic N) is 1. The topological polar surface area (TPSA) is 66.6 Å². The molecule has 92 valence electrons. The molecule has 0 unspecified atom stereocenters. The number of amides is 1. The number of nitrogens with two attached hydrogens (primary N) is 1. The van der Waals surface area contributed by atoms with Crippen LogP contribution in [-0.2, 0) is 4.79 Å². The van der Waals surface area contributed by atoms with Gasteiger partial charge in [0.15, 0.2) is 0 Å². The van der Waals surface area contributed by atoms with E-state index in [1.165, 1.54) is 0 Å². The van der Waals surface area contributed by atoms with E-state index >= 15 is 0 Å². The number of aliphatic hydroxyl groups is 1. The molecule has 2 fully saturated rings. The molecule has 1 aliphatic carbocycles. The lowest BCUT2D eigenvalue weighted by atomic mass is 9.85. The molecule has 0 bridgehead atoms. The van der Waals surface area contributed by atoms with E-state index in [4.69, 9.17) is 5.73 Å². The van der Waals surface area contributed by atoms with Gasteiger partial charge in [-0.3, -0.25) is 4.79 Å². The molecule has 16 heavy (non-hydrogen) atoms. The van der Waals surface area contributed by atoms with Gasteiger partial charge in [-0.05, 0) is 38.5 Å². The number of aliphatic hydroxyl groups excluding tert-OH is 1. The summed E-state index contributed by atoms with van der Waals surface area (Å²) in [6, 6.07) is 0.298. The van der Waals surface area contributed by atoms with Crippen LogP contribution in [0.3, 0.4) is 0 Å². The summed E-state index contributed by atoms with van der Waals surface area (Å²) in [4.78, 5) is 14.1. The quantitative estimate of drug-likeness (QED) is 0.683. The monoisotopic (exact) mass is 226 g/mol. The number of carbonyl (C=O) groups excluding carboxylic acids is 1. The van der Waals surface area contributed by atoms with Crippen LogP contribution >= 0.6 is 0 Å². The van der Waals surface area contributed by atoms with Crippen molar-refractivity contribution in [1.82, 2.24) is 4.90 Å². The summed E-state index contributed by atoms with van der Waals surface area (Å²) in [7, 11) is 0. The Morgan fingerprint density at radius 2 is 1.62 bits per heavy atom. The molecule has 4 nitrogen and oxygen atoms in total. The predicted octanol–water partition coefficient (Wildman–Crippen LogP) is 0.487. The van der Waals surface area contributed by atoms with E-state index in [0.717, 1.165) is 51.6 Å². The lowest BCUT2D eigenvalue weighted by Gasteiger charge is -2.34. The summed E-state index contributed by atoms with van der Waals surface area (Å²) in [5.41, 5.74) is 5.84. The minimum atomic E-state index is -0.205. The number of likely N-dealkylation sites (tertiary alicyclic amines) is 1. The number of carbonyl (C=O) groups is 1. The smallest absolute Gasteiger partial charge is 0.225 e. The molecule has 0 aromatic carbocycles. The molecule has 2 aliphatic rings. The first kappa shape index (κ1) is 11.9. The minimum Gasteiger partial charge on any atom is -0.393 e. The van der Waals surface area contributed by atoms with Crippen LogP contribution in [0.15, 0.2) is 0 Å². The van der Waals surface area contributed by atoms with Gasteiger partial charge in [0.05, 0.1) is 6.10 Å². The van der Waals surface area contributed by atoms with Gasteiger partial charge in [-0.1, -0.05) is 0 Å². The zero-order valence-electron chi connectivity index (χ0n) is 9.77. The minimum absolute atomic E-state index is 0.190. The fraction of sp³-hybridized carbons (Fsp3) is 0.917. The van der Waals surface area contributed by atoms with Gasteiger partial charge in [-0.25, -0.2) is 0 Å². The Balaban J connectivity index is 1.83.